The van der Waals surface area contributed by atoms with Crippen LogP contribution in [0.5, 0.6) is 5.75 Å². The molecule has 1 aromatic rings. The van der Waals surface area contributed by atoms with Gasteiger partial charge >= 0.3 is 0 Å². The van der Waals surface area contributed by atoms with Crippen molar-refractivity contribution in [1.82, 2.24) is 0 Å². The minimum absolute atomic E-state index is 0.181. The molecule has 2 rings (SSSR count). The van der Waals surface area contributed by atoms with Crippen molar-refractivity contribution >= 4 is 5.90 Å². The van der Waals surface area contributed by atoms with E-state index >= 15 is 0 Å². The van der Waals surface area contributed by atoms with E-state index in [1.807, 2.05) is 0 Å². The number of ether oxygens (including phenoxy) is 1. The Morgan fingerprint density at radius 3 is 3.00 bits per heavy atom. The lowest BCUT2D eigenvalue weighted by molar-refractivity contribution is 0.0666. The van der Waals surface area contributed by atoms with Crippen LogP contribution in [0.4, 0.5) is 0 Å². The van der Waals surface area contributed by atoms with Gasteiger partial charge in [-0.3, -0.25) is 0 Å². The van der Waals surface area contributed by atoms with E-state index < -0.39 is 12.1 Å². The first kappa shape index (κ1) is 11.9. The Morgan fingerprint density at radius 1 is 1.53 bits per heavy atom. The molecule has 0 saturated heterocycles. The van der Waals surface area contributed by atoms with Gasteiger partial charge in [-0.05, 0) is 19.1 Å². The molecule has 5 nitrogen and oxygen atoms in total. The molecular weight excluding hydrogens is 222 g/mol. The Hall–Kier alpha value is -1.59. The standard InChI is InChI=1S/C12H15NO4/c1-7-8(3-2-4-10(7)15)12-13-9(6-17-12)11(16)5-14/h2-4,9,11,14-16H,5-6H2,1H3/t9?,11-/m1/s1. The average molecular weight is 237 g/mol. The maximum atomic E-state index is 9.58. The zero-order valence-electron chi connectivity index (χ0n) is 9.50. The lowest BCUT2D eigenvalue weighted by Crippen LogP contribution is -2.28. The van der Waals surface area contributed by atoms with Crippen LogP contribution >= 0.6 is 0 Å². The van der Waals surface area contributed by atoms with Gasteiger partial charge in [0.2, 0.25) is 5.90 Å². The number of rotatable bonds is 3. The predicted molar refractivity (Wildman–Crippen MR) is 62.2 cm³/mol. The van der Waals surface area contributed by atoms with Gasteiger partial charge in [0.05, 0.1) is 6.61 Å². The summed E-state index contributed by atoms with van der Waals surface area (Å²) in [6.45, 7) is 1.67. The maximum absolute atomic E-state index is 9.58. The van der Waals surface area contributed by atoms with Gasteiger partial charge in [0.25, 0.3) is 0 Å². The molecular formula is C12H15NO4. The van der Waals surface area contributed by atoms with Gasteiger partial charge in [-0.2, -0.15) is 0 Å². The molecule has 0 amide bonds. The molecule has 1 aliphatic heterocycles. The number of phenolic OH excluding ortho intramolecular Hbond substituents is 1. The second kappa shape index (κ2) is 4.73. The Morgan fingerprint density at radius 2 is 2.29 bits per heavy atom. The van der Waals surface area contributed by atoms with Crippen LogP contribution in [0.3, 0.4) is 0 Å². The van der Waals surface area contributed by atoms with Gasteiger partial charge in [-0.1, -0.05) is 6.07 Å². The second-order valence-electron chi connectivity index (χ2n) is 4.01. The highest BCUT2D eigenvalue weighted by molar-refractivity contribution is 5.97. The summed E-state index contributed by atoms with van der Waals surface area (Å²) in [4.78, 5) is 4.20. The number of aliphatic hydroxyl groups is 2. The van der Waals surface area contributed by atoms with Crippen molar-refractivity contribution in [2.24, 2.45) is 4.99 Å². The molecule has 0 radical (unpaired) electrons. The fraction of sp³-hybridized carbons (Fsp3) is 0.417. The van der Waals surface area contributed by atoms with Crippen molar-refractivity contribution in [3.05, 3.63) is 29.3 Å². The molecule has 17 heavy (non-hydrogen) atoms. The van der Waals surface area contributed by atoms with Gasteiger partial charge in [0.1, 0.15) is 24.5 Å². The summed E-state index contributed by atoms with van der Waals surface area (Å²) in [6, 6.07) is 4.65. The summed E-state index contributed by atoms with van der Waals surface area (Å²) in [5.41, 5.74) is 1.39. The predicted octanol–water partition coefficient (Wildman–Crippen LogP) is 0.199. The Labute approximate surface area is 99.0 Å². The van der Waals surface area contributed by atoms with Crippen LogP contribution in [0.15, 0.2) is 23.2 Å². The van der Waals surface area contributed by atoms with Crippen LogP contribution in [-0.4, -0.2) is 46.6 Å². The number of hydrogen-bond donors (Lipinski definition) is 3. The number of nitrogens with zero attached hydrogens (tertiary/aromatic N) is 1. The smallest absolute Gasteiger partial charge is 0.217 e. The quantitative estimate of drug-likeness (QED) is 0.701. The van der Waals surface area contributed by atoms with Crippen molar-refractivity contribution in [3.63, 3.8) is 0 Å². The summed E-state index contributed by atoms with van der Waals surface area (Å²) in [7, 11) is 0. The van der Waals surface area contributed by atoms with Gasteiger partial charge in [-0.15, -0.1) is 0 Å². The molecule has 0 aliphatic carbocycles. The second-order valence-corrected chi connectivity index (χ2v) is 4.01. The first-order valence-corrected chi connectivity index (χ1v) is 5.42. The average Bonchev–Trinajstić information content (AvgIpc) is 2.81. The summed E-state index contributed by atoms with van der Waals surface area (Å²) >= 11 is 0. The molecule has 92 valence electrons. The van der Waals surface area contributed by atoms with Crippen LogP contribution in [0.2, 0.25) is 0 Å². The minimum Gasteiger partial charge on any atom is -0.508 e. The molecule has 1 unspecified atom stereocenters. The van der Waals surface area contributed by atoms with Gasteiger partial charge in [0, 0.05) is 11.1 Å². The van der Waals surface area contributed by atoms with E-state index in [4.69, 9.17) is 9.84 Å². The topological polar surface area (TPSA) is 82.3 Å². The van der Waals surface area contributed by atoms with E-state index in [0.717, 1.165) is 0 Å². The van der Waals surface area contributed by atoms with E-state index in [2.05, 4.69) is 4.99 Å². The number of aliphatic hydroxyl groups excluding tert-OH is 2. The van der Waals surface area contributed by atoms with Crippen LogP contribution in [0, 0.1) is 6.92 Å². The summed E-state index contributed by atoms with van der Waals surface area (Å²) in [5.74, 6) is 0.579. The molecule has 2 atom stereocenters. The third kappa shape index (κ3) is 2.25. The largest absolute Gasteiger partial charge is 0.508 e. The molecule has 3 N–H and O–H groups in total. The van der Waals surface area contributed by atoms with E-state index in [9.17, 15) is 10.2 Å². The lowest BCUT2D eigenvalue weighted by atomic mass is 10.1. The third-order valence-corrected chi connectivity index (χ3v) is 2.84. The Balaban J connectivity index is 2.27. The zero-order chi connectivity index (χ0) is 12.4. The monoisotopic (exact) mass is 237 g/mol. The molecule has 5 heteroatoms. The number of benzene rings is 1. The van der Waals surface area contributed by atoms with Crippen LogP contribution in [0.1, 0.15) is 11.1 Å². The Kier molecular flexibility index (Phi) is 3.31. The number of phenols is 1. The Bertz CT molecular complexity index is 444. The van der Waals surface area contributed by atoms with Crippen LogP contribution < -0.4 is 0 Å². The molecule has 1 heterocycles. The molecule has 0 aromatic heterocycles. The summed E-state index contributed by atoms with van der Waals surface area (Å²) < 4.78 is 5.38. The first-order chi connectivity index (χ1) is 8.13. The first-order valence-electron chi connectivity index (χ1n) is 5.42. The van der Waals surface area contributed by atoms with E-state index in [1.54, 1.807) is 25.1 Å². The van der Waals surface area contributed by atoms with Crippen LogP contribution in [0.25, 0.3) is 0 Å². The van der Waals surface area contributed by atoms with Crippen molar-refractivity contribution in [1.29, 1.82) is 0 Å². The van der Waals surface area contributed by atoms with Crippen molar-refractivity contribution in [3.8, 4) is 5.75 Å². The van der Waals surface area contributed by atoms with Gasteiger partial charge in [-0.25, -0.2) is 4.99 Å². The summed E-state index contributed by atoms with van der Waals surface area (Å²) in [6.07, 6.45) is -0.912. The highest BCUT2D eigenvalue weighted by Gasteiger charge is 2.27. The lowest BCUT2D eigenvalue weighted by Gasteiger charge is -2.09. The fourth-order valence-corrected chi connectivity index (χ4v) is 1.71. The fourth-order valence-electron chi connectivity index (χ4n) is 1.71. The highest BCUT2D eigenvalue weighted by Crippen LogP contribution is 2.23. The SMILES string of the molecule is Cc1c(O)cccc1C1=NC([C@H](O)CO)CO1. The van der Waals surface area contributed by atoms with E-state index in [1.165, 1.54) is 0 Å². The number of aliphatic imine (C=N–C) groups is 1. The van der Waals surface area contributed by atoms with Crippen LogP contribution in [-0.2, 0) is 4.74 Å². The zero-order valence-corrected chi connectivity index (χ0v) is 9.50. The maximum Gasteiger partial charge on any atom is 0.217 e. The van der Waals surface area contributed by atoms with Crippen molar-refractivity contribution in [2.45, 2.75) is 19.1 Å². The molecule has 0 saturated carbocycles. The van der Waals surface area contributed by atoms with Gasteiger partial charge < -0.3 is 20.1 Å². The highest BCUT2D eigenvalue weighted by atomic mass is 16.5. The summed E-state index contributed by atoms with van der Waals surface area (Å²) in [5, 5.41) is 27.9. The van der Waals surface area contributed by atoms with Crippen molar-refractivity contribution < 1.29 is 20.1 Å². The molecule has 0 fully saturated rings. The van der Waals surface area contributed by atoms with Gasteiger partial charge in [0.15, 0.2) is 0 Å². The molecule has 1 aromatic carbocycles. The minimum atomic E-state index is -0.912. The third-order valence-electron chi connectivity index (χ3n) is 2.84. The number of aromatic hydroxyl groups is 1. The normalized spacial score (nSPS) is 20.9. The van der Waals surface area contributed by atoms with E-state index in [-0.39, 0.29) is 19.0 Å². The van der Waals surface area contributed by atoms with Crippen molar-refractivity contribution in [2.75, 3.05) is 13.2 Å². The number of hydrogen-bond acceptors (Lipinski definition) is 5. The molecule has 0 spiro atoms. The van der Waals surface area contributed by atoms with E-state index in [0.29, 0.717) is 17.0 Å². The molecule has 1 aliphatic rings. The molecule has 0 bridgehead atoms.